The minimum absolute atomic E-state index is 0.0501. The van der Waals surface area contributed by atoms with Crippen molar-refractivity contribution in [1.29, 1.82) is 0 Å². The molecular formula is C30H34Cl2N4O3. The van der Waals surface area contributed by atoms with Gasteiger partial charge in [-0.25, -0.2) is 0 Å². The SMILES string of the molecule is CCCOc1cc(OC)ccc1C1(C(=O)N2CCNCC2)NC(c2ccc(Cl)cc2)C(c2ccc(Cl)cc2)N1. The molecule has 0 spiro atoms. The van der Waals surface area contributed by atoms with Crippen molar-refractivity contribution in [2.24, 2.45) is 0 Å². The summed E-state index contributed by atoms with van der Waals surface area (Å²) >= 11 is 12.5. The van der Waals surface area contributed by atoms with E-state index >= 15 is 0 Å². The predicted molar refractivity (Wildman–Crippen MR) is 155 cm³/mol. The number of ether oxygens (including phenoxy) is 2. The van der Waals surface area contributed by atoms with Gasteiger partial charge in [0.1, 0.15) is 11.5 Å². The Morgan fingerprint density at radius 1 is 0.923 bits per heavy atom. The van der Waals surface area contributed by atoms with Crippen LogP contribution in [0.1, 0.15) is 42.1 Å². The first-order chi connectivity index (χ1) is 18.9. The van der Waals surface area contributed by atoms with Crippen molar-refractivity contribution >= 4 is 29.1 Å². The Morgan fingerprint density at radius 3 is 2.00 bits per heavy atom. The van der Waals surface area contributed by atoms with Crippen LogP contribution in [0.4, 0.5) is 0 Å². The van der Waals surface area contributed by atoms with Crippen molar-refractivity contribution < 1.29 is 14.3 Å². The number of benzene rings is 3. The van der Waals surface area contributed by atoms with Crippen LogP contribution in [0.2, 0.25) is 10.0 Å². The molecule has 0 bridgehead atoms. The minimum Gasteiger partial charge on any atom is -0.497 e. The zero-order valence-electron chi connectivity index (χ0n) is 22.2. The standard InChI is InChI=1S/C30H34Cl2N4O3/c1-3-18-39-26-19-24(38-2)12-13-25(26)30(29(37)36-16-14-33-15-17-36)34-27(20-4-8-22(31)9-5-20)28(35-30)21-6-10-23(32)11-7-21/h4-13,19,27-28,33-35H,3,14-18H2,1-2H3. The van der Waals surface area contributed by atoms with Crippen LogP contribution >= 0.6 is 23.2 Å². The van der Waals surface area contributed by atoms with Gasteiger partial charge in [-0.05, 0) is 53.9 Å². The topological polar surface area (TPSA) is 74.9 Å². The van der Waals surface area contributed by atoms with Gasteiger partial charge >= 0.3 is 0 Å². The molecule has 3 N–H and O–H groups in total. The van der Waals surface area contributed by atoms with Crippen molar-refractivity contribution in [1.82, 2.24) is 20.9 Å². The van der Waals surface area contributed by atoms with Gasteiger partial charge in [0, 0.05) is 47.9 Å². The van der Waals surface area contributed by atoms with Crippen molar-refractivity contribution in [3.8, 4) is 11.5 Å². The van der Waals surface area contributed by atoms with Gasteiger partial charge in [-0.2, -0.15) is 0 Å². The van der Waals surface area contributed by atoms with E-state index in [2.05, 4.69) is 22.9 Å². The summed E-state index contributed by atoms with van der Waals surface area (Å²) in [6, 6.07) is 20.6. The maximum absolute atomic E-state index is 14.6. The van der Waals surface area contributed by atoms with Crippen molar-refractivity contribution in [2.45, 2.75) is 31.1 Å². The van der Waals surface area contributed by atoms with E-state index in [1.165, 1.54) is 0 Å². The van der Waals surface area contributed by atoms with Gasteiger partial charge in [-0.1, -0.05) is 54.4 Å². The molecule has 0 aromatic heterocycles. The van der Waals surface area contributed by atoms with Crippen LogP contribution in [0.25, 0.3) is 0 Å². The first-order valence-electron chi connectivity index (χ1n) is 13.3. The summed E-state index contributed by atoms with van der Waals surface area (Å²) in [5.74, 6) is 1.22. The minimum atomic E-state index is -1.26. The van der Waals surface area contributed by atoms with Gasteiger partial charge in [0.05, 0.1) is 25.8 Å². The van der Waals surface area contributed by atoms with Crippen LogP contribution < -0.4 is 25.4 Å². The molecule has 3 aromatic rings. The van der Waals surface area contributed by atoms with Crippen LogP contribution in [0, 0.1) is 0 Å². The van der Waals surface area contributed by atoms with Crippen LogP contribution in [0.3, 0.4) is 0 Å². The third kappa shape index (κ3) is 5.74. The van der Waals surface area contributed by atoms with Crippen LogP contribution in [-0.2, 0) is 10.5 Å². The zero-order chi connectivity index (χ0) is 27.4. The summed E-state index contributed by atoms with van der Waals surface area (Å²) in [7, 11) is 1.62. The van der Waals surface area contributed by atoms with E-state index in [0.717, 1.165) is 36.2 Å². The highest BCUT2D eigenvalue weighted by Gasteiger charge is 2.54. The summed E-state index contributed by atoms with van der Waals surface area (Å²) in [5.41, 5.74) is 1.47. The highest BCUT2D eigenvalue weighted by atomic mass is 35.5. The van der Waals surface area contributed by atoms with Gasteiger partial charge < -0.3 is 19.7 Å². The lowest BCUT2D eigenvalue weighted by Gasteiger charge is -2.38. The van der Waals surface area contributed by atoms with E-state index in [4.69, 9.17) is 32.7 Å². The van der Waals surface area contributed by atoms with E-state index in [1.807, 2.05) is 71.6 Å². The first-order valence-corrected chi connectivity index (χ1v) is 14.1. The van der Waals surface area contributed by atoms with E-state index < -0.39 is 5.66 Å². The molecular weight excluding hydrogens is 535 g/mol. The molecule has 2 saturated heterocycles. The lowest BCUT2D eigenvalue weighted by Crippen LogP contribution is -2.61. The number of nitrogens with one attached hydrogen (secondary N) is 3. The van der Waals surface area contributed by atoms with Gasteiger partial charge in [-0.15, -0.1) is 0 Å². The average Bonchev–Trinajstić information content (AvgIpc) is 3.38. The van der Waals surface area contributed by atoms with Crippen LogP contribution in [0.15, 0.2) is 66.7 Å². The Balaban J connectivity index is 1.67. The second kappa shape index (κ2) is 12.1. The molecule has 0 saturated carbocycles. The molecule has 2 heterocycles. The van der Waals surface area contributed by atoms with E-state index in [-0.39, 0.29) is 18.0 Å². The Labute approximate surface area is 239 Å². The summed E-state index contributed by atoms with van der Waals surface area (Å²) in [4.78, 5) is 16.5. The van der Waals surface area contributed by atoms with E-state index in [0.29, 0.717) is 41.2 Å². The highest BCUT2D eigenvalue weighted by Crippen LogP contribution is 2.45. The number of hydrogen-bond acceptors (Lipinski definition) is 6. The normalized spacial score (nSPS) is 23.0. The summed E-state index contributed by atoms with van der Waals surface area (Å²) < 4.78 is 11.8. The molecule has 0 radical (unpaired) electrons. The number of piperazine rings is 1. The van der Waals surface area contributed by atoms with Crippen molar-refractivity contribution in [3.05, 3.63) is 93.5 Å². The molecule has 0 aliphatic carbocycles. The predicted octanol–water partition coefficient (Wildman–Crippen LogP) is 5.05. The molecule has 5 rings (SSSR count). The fourth-order valence-electron chi connectivity index (χ4n) is 5.34. The van der Waals surface area contributed by atoms with Gasteiger partial charge in [0.15, 0.2) is 5.66 Å². The lowest BCUT2D eigenvalue weighted by molar-refractivity contribution is -0.140. The third-order valence-corrected chi connectivity index (χ3v) is 7.82. The fraction of sp³-hybridized carbons (Fsp3) is 0.367. The molecule has 2 aliphatic rings. The molecule has 9 heteroatoms. The van der Waals surface area contributed by atoms with Gasteiger partial charge in [-0.3, -0.25) is 15.4 Å². The maximum Gasteiger partial charge on any atom is 0.262 e. The second-order valence-electron chi connectivity index (χ2n) is 9.85. The quantitative estimate of drug-likeness (QED) is 0.353. The second-order valence-corrected chi connectivity index (χ2v) is 10.7. The molecule has 2 aliphatic heterocycles. The number of methoxy groups -OCH3 is 1. The smallest absolute Gasteiger partial charge is 0.262 e. The molecule has 39 heavy (non-hydrogen) atoms. The van der Waals surface area contributed by atoms with E-state index in [9.17, 15) is 4.79 Å². The summed E-state index contributed by atoms with van der Waals surface area (Å²) in [5, 5.41) is 12.2. The number of nitrogens with zero attached hydrogens (tertiary/aromatic N) is 1. The number of carbonyl (C=O) groups is 1. The van der Waals surface area contributed by atoms with Crippen molar-refractivity contribution in [3.63, 3.8) is 0 Å². The van der Waals surface area contributed by atoms with Gasteiger partial charge in [0.2, 0.25) is 0 Å². The number of halogens is 2. The molecule has 2 atom stereocenters. The Kier molecular flexibility index (Phi) is 8.64. The number of carbonyl (C=O) groups excluding carboxylic acids is 1. The summed E-state index contributed by atoms with van der Waals surface area (Å²) in [6.45, 7) is 5.28. The Morgan fingerprint density at radius 2 is 1.49 bits per heavy atom. The first kappa shape index (κ1) is 27.7. The monoisotopic (exact) mass is 568 g/mol. The maximum atomic E-state index is 14.6. The lowest BCUT2D eigenvalue weighted by atomic mass is 9.95. The van der Waals surface area contributed by atoms with Crippen molar-refractivity contribution in [2.75, 3.05) is 39.9 Å². The third-order valence-electron chi connectivity index (χ3n) is 7.32. The Bertz CT molecular complexity index is 1230. The molecule has 7 nitrogen and oxygen atoms in total. The largest absolute Gasteiger partial charge is 0.497 e. The molecule has 2 unspecified atom stereocenters. The number of amides is 1. The van der Waals surface area contributed by atoms with Gasteiger partial charge in [0.25, 0.3) is 5.91 Å². The number of hydrogen-bond donors (Lipinski definition) is 3. The molecule has 1 amide bonds. The number of rotatable bonds is 8. The van der Waals surface area contributed by atoms with E-state index in [1.54, 1.807) is 7.11 Å². The summed E-state index contributed by atoms with van der Waals surface area (Å²) in [6.07, 6.45) is 0.830. The molecule has 206 valence electrons. The van der Waals surface area contributed by atoms with Crippen LogP contribution in [0.5, 0.6) is 11.5 Å². The molecule has 2 fully saturated rings. The van der Waals surface area contributed by atoms with Crippen LogP contribution in [-0.4, -0.2) is 50.7 Å². The fourth-order valence-corrected chi connectivity index (χ4v) is 5.59. The Hall–Kier alpha value is -2.81. The highest BCUT2D eigenvalue weighted by molar-refractivity contribution is 6.30. The zero-order valence-corrected chi connectivity index (χ0v) is 23.7. The average molecular weight is 570 g/mol. The molecule has 3 aromatic carbocycles.